The normalized spacial score (nSPS) is 24.9. The Hall–Kier alpha value is -0.480. The first-order valence-electron chi connectivity index (χ1n) is 3.34. The standard InChI is InChI=1S/C8H12/c1-2-5-8-6-3-4-7-8/h3,7-8H,2,5-6H2,1H3. The summed E-state index contributed by atoms with van der Waals surface area (Å²) in [6.45, 7) is 2.23. The Balaban J connectivity index is 2.21. The molecule has 0 saturated carbocycles. The number of rotatable bonds is 2. The summed E-state index contributed by atoms with van der Waals surface area (Å²) in [4.78, 5) is 0. The second kappa shape index (κ2) is 2.74. The highest BCUT2D eigenvalue weighted by atomic mass is 14.1. The molecule has 1 aliphatic carbocycles. The van der Waals surface area contributed by atoms with Gasteiger partial charge in [-0.3, -0.25) is 0 Å². The van der Waals surface area contributed by atoms with Gasteiger partial charge in [0.05, 0.1) is 0 Å². The zero-order valence-corrected chi connectivity index (χ0v) is 5.35. The van der Waals surface area contributed by atoms with E-state index < -0.39 is 0 Å². The third-order valence-electron chi connectivity index (χ3n) is 1.53. The summed E-state index contributed by atoms with van der Waals surface area (Å²) in [6.07, 6.45) is 8.18. The predicted octanol–water partition coefficient (Wildman–Crippen LogP) is 2.52. The summed E-state index contributed by atoms with van der Waals surface area (Å²) in [5.41, 5.74) is 3.11. The molecule has 0 spiro atoms. The molecule has 0 fully saturated rings. The summed E-state index contributed by atoms with van der Waals surface area (Å²) in [5, 5.41) is 0. The SMILES string of the molecule is CCCC1C=C=CC1. The largest absolute Gasteiger partial charge is 0.129 e. The smallest absolute Gasteiger partial charge is 0.0117 e. The fourth-order valence-electron chi connectivity index (χ4n) is 1.06. The molecule has 0 bridgehead atoms. The van der Waals surface area contributed by atoms with Crippen molar-refractivity contribution in [1.82, 2.24) is 0 Å². The van der Waals surface area contributed by atoms with Gasteiger partial charge in [0.15, 0.2) is 0 Å². The van der Waals surface area contributed by atoms with Gasteiger partial charge in [-0.25, -0.2) is 0 Å². The van der Waals surface area contributed by atoms with E-state index in [2.05, 4.69) is 24.8 Å². The van der Waals surface area contributed by atoms with Gasteiger partial charge < -0.3 is 0 Å². The molecular formula is C8H12. The Labute approximate surface area is 50.9 Å². The molecule has 1 rings (SSSR count). The Morgan fingerprint density at radius 3 is 3.12 bits per heavy atom. The minimum absolute atomic E-state index is 0.819. The van der Waals surface area contributed by atoms with Gasteiger partial charge in [0.2, 0.25) is 0 Å². The lowest BCUT2D eigenvalue weighted by Gasteiger charge is -2.00. The van der Waals surface area contributed by atoms with E-state index in [4.69, 9.17) is 0 Å². The van der Waals surface area contributed by atoms with Gasteiger partial charge in [0.25, 0.3) is 0 Å². The highest BCUT2D eigenvalue weighted by Crippen LogP contribution is 2.16. The van der Waals surface area contributed by atoms with Crippen LogP contribution in [0.2, 0.25) is 0 Å². The molecule has 0 heterocycles. The van der Waals surface area contributed by atoms with Crippen molar-refractivity contribution < 1.29 is 0 Å². The molecule has 1 unspecified atom stereocenters. The van der Waals surface area contributed by atoms with Crippen molar-refractivity contribution in [2.75, 3.05) is 0 Å². The van der Waals surface area contributed by atoms with Crippen molar-refractivity contribution in [2.45, 2.75) is 26.2 Å². The van der Waals surface area contributed by atoms with E-state index in [9.17, 15) is 0 Å². The van der Waals surface area contributed by atoms with Crippen LogP contribution in [0.4, 0.5) is 0 Å². The van der Waals surface area contributed by atoms with E-state index in [0.717, 1.165) is 5.92 Å². The maximum absolute atomic E-state index is 3.11. The van der Waals surface area contributed by atoms with Crippen molar-refractivity contribution >= 4 is 0 Å². The fraction of sp³-hybridized carbons (Fsp3) is 0.625. The van der Waals surface area contributed by atoms with E-state index >= 15 is 0 Å². The summed E-state index contributed by atoms with van der Waals surface area (Å²) < 4.78 is 0. The Kier molecular flexibility index (Phi) is 1.93. The molecule has 0 radical (unpaired) electrons. The highest BCUT2D eigenvalue weighted by Gasteiger charge is 2.02. The first-order chi connectivity index (χ1) is 3.93. The summed E-state index contributed by atoms with van der Waals surface area (Å²) in [7, 11) is 0. The van der Waals surface area contributed by atoms with Crippen molar-refractivity contribution in [1.29, 1.82) is 0 Å². The van der Waals surface area contributed by atoms with Gasteiger partial charge in [-0.05, 0) is 30.9 Å². The minimum Gasteiger partial charge on any atom is -0.129 e. The van der Waals surface area contributed by atoms with Crippen LogP contribution < -0.4 is 0 Å². The molecular weight excluding hydrogens is 96.1 g/mol. The van der Waals surface area contributed by atoms with Crippen molar-refractivity contribution in [3.05, 3.63) is 17.9 Å². The molecule has 0 N–H and O–H groups in total. The van der Waals surface area contributed by atoms with Crippen LogP contribution in [-0.2, 0) is 0 Å². The minimum atomic E-state index is 0.819. The van der Waals surface area contributed by atoms with Crippen LogP contribution in [-0.4, -0.2) is 0 Å². The Bertz CT molecular complexity index is 116. The molecule has 0 aromatic heterocycles. The molecule has 0 aromatic rings. The van der Waals surface area contributed by atoms with E-state index in [1.165, 1.54) is 19.3 Å². The lowest BCUT2D eigenvalue weighted by Crippen LogP contribution is -1.88. The van der Waals surface area contributed by atoms with E-state index in [1.54, 1.807) is 0 Å². The lowest BCUT2D eigenvalue weighted by molar-refractivity contribution is 0.600. The van der Waals surface area contributed by atoms with Crippen molar-refractivity contribution in [3.8, 4) is 0 Å². The first kappa shape index (κ1) is 5.65. The molecule has 0 saturated heterocycles. The van der Waals surface area contributed by atoms with Crippen molar-refractivity contribution in [2.24, 2.45) is 5.92 Å². The monoisotopic (exact) mass is 108 g/mol. The van der Waals surface area contributed by atoms with E-state index in [1.807, 2.05) is 0 Å². The molecule has 0 nitrogen and oxygen atoms in total. The van der Waals surface area contributed by atoms with Crippen LogP contribution in [0.3, 0.4) is 0 Å². The maximum atomic E-state index is 3.11. The van der Waals surface area contributed by atoms with Gasteiger partial charge in [-0.1, -0.05) is 13.3 Å². The van der Waals surface area contributed by atoms with Gasteiger partial charge in [-0.2, -0.15) is 0 Å². The van der Waals surface area contributed by atoms with Gasteiger partial charge in [0.1, 0.15) is 0 Å². The summed E-state index contributed by atoms with van der Waals surface area (Å²) in [6, 6.07) is 0. The molecule has 0 aromatic carbocycles. The number of hydrogen-bond acceptors (Lipinski definition) is 0. The summed E-state index contributed by atoms with van der Waals surface area (Å²) in [5.74, 6) is 0.819. The van der Waals surface area contributed by atoms with E-state index in [0.29, 0.717) is 0 Å². The molecule has 0 aliphatic heterocycles. The topological polar surface area (TPSA) is 0 Å². The zero-order chi connectivity index (χ0) is 5.82. The lowest BCUT2D eigenvalue weighted by atomic mass is 10.0. The third kappa shape index (κ3) is 1.24. The first-order valence-corrected chi connectivity index (χ1v) is 3.34. The van der Waals surface area contributed by atoms with Gasteiger partial charge >= 0.3 is 0 Å². The molecule has 1 atom stereocenters. The second-order valence-electron chi connectivity index (χ2n) is 2.32. The van der Waals surface area contributed by atoms with Crippen LogP contribution in [0.5, 0.6) is 0 Å². The Morgan fingerprint density at radius 1 is 1.75 bits per heavy atom. The summed E-state index contributed by atoms with van der Waals surface area (Å²) >= 11 is 0. The highest BCUT2D eigenvalue weighted by molar-refractivity contribution is 4.99. The van der Waals surface area contributed by atoms with Crippen LogP contribution in [0.15, 0.2) is 17.9 Å². The zero-order valence-electron chi connectivity index (χ0n) is 5.35. The number of hydrogen-bond donors (Lipinski definition) is 0. The average Bonchev–Trinajstić information content (AvgIpc) is 2.19. The fourth-order valence-corrected chi connectivity index (χ4v) is 1.06. The average molecular weight is 108 g/mol. The molecule has 44 valence electrons. The van der Waals surface area contributed by atoms with Gasteiger partial charge in [-0.15, -0.1) is 5.73 Å². The quantitative estimate of drug-likeness (QED) is 0.477. The predicted molar refractivity (Wildman–Crippen MR) is 35.7 cm³/mol. The Morgan fingerprint density at radius 2 is 2.62 bits per heavy atom. The van der Waals surface area contributed by atoms with Crippen LogP contribution in [0.25, 0.3) is 0 Å². The van der Waals surface area contributed by atoms with Crippen LogP contribution in [0.1, 0.15) is 26.2 Å². The molecule has 0 heteroatoms. The van der Waals surface area contributed by atoms with E-state index in [-0.39, 0.29) is 0 Å². The third-order valence-corrected chi connectivity index (χ3v) is 1.53. The molecule has 1 aliphatic rings. The van der Waals surface area contributed by atoms with Gasteiger partial charge in [0, 0.05) is 0 Å². The van der Waals surface area contributed by atoms with Crippen LogP contribution in [0, 0.1) is 5.92 Å². The maximum Gasteiger partial charge on any atom is -0.0117 e. The second-order valence-corrected chi connectivity index (χ2v) is 2.32. The molecule has 8 heavy (non-hydrogen) atoms. The van der Waals surface area contributed by atoms with Crippen molar-refractivity contribution in [3.63, 3.8) is 0 Å². The number of allylic oxidation sites excluding steroid dienone is 1. The van der Waals surface area contributed by atoms with Crippen LogP contribution >= 0.6 is 0 Å². The molecule has 0 amide bonds.